The third-order valence-electron chi connectivity index (χ3n) is 3.61. The summed E-state index contributed by atoms with van der Waals surface area (Å²) in [6.45, 7) is 2.03. The van der Waals surface area contributed by atoms with Gasteiger partial charge in [0.1, 0.15) is 11.3 Å². The van der Waals surface area contributed by atoms with Crippen LogP contribution in [0.3, 0.4) is 0 Å². The molecule has 0 aliphatic carbocycles. The maximum atomic E-state index is 12.7. The lowest BCUT2D eigenvalue weighted by Crippen LogP contribution is -2.02. The maximum absolute atomic E-state index is 12.7. The molecule has 0 saturated carbocycles. The van der Waals surface area contributed by atoms with E-state index in [1.54, 1.807) is 31.4 Å². The Kier molecular flexibility index (Phi) is 3.48. The van der Waals surface area contributed by atoms with Gasteiger partial charge >= 0.3 is 0 Å². The van der Waals surface area contributed by atoms with Crippen LogP contribution >= 0.6 is 0 Å². The summed E-state index contributed by atoms with van der Waals surface area (Å²) in [5.41, 5.74) is 2.32. The number of aryl methyl sites for hydroxylation is 1. The largest absolute Gasteiger partial charge is 0.497 e. The molecule has 0 fully saturated rings. The lowest BCUT2D eigenvalue weighted by molar-refractivity contribution is 0.101. The molecule has 1 aromatic heterocycles. The summed E-state index contributed by atoms with van der Waals surface area (Å²) in [6, 6.07) is 14.8. The third-order valence-corrected chi connectivity index (χ3v) is 3.61. The first-order valence-electron chi connectivity index (χ1n) is 6.93. The Morgan fingerprint density at radius 1 is 1.10 bits per heavy atom. The zero-order valence-electron chi connectivity index (χ0n) is 12.1. The number of carbonyl (C=O) groups is 1. The number of para-hydroxylation sites is 1. The second kappa shape index (κ2) is 5.44. The molecular weight excluding hydrogens is 264 g/mol. The van der Waals surface area contributed by atoms with Crippen molar-refractivity contribution >= 4 is 16.8 Å². The van der Waals surface area contributed by atoms with Gasteiger partial charge in [0.2, 0.25) is 5.78 Å². The van der Waals surface area contributed by atoms with E-state index < -0.39 is 0 Å². The molecule has 0 saturated heterocycles. The Morgan fingerprint density at radius 2 is 1.81 bits per heavy atom. The van der Waals surface area contributed by atoms with Crippen LogP contribution in [0.1, 0.15) is 28.6 Å². The van der Waals surface area contributed by atoms with E-state index in [9.17, 15) is 4.79 Å². The highest BCUT2D eigenvalue weighted by molar-refractivity contribution is 6.10. The molecule has 3 heteroatoms. The monoisotopic (exact) mass is 280 g/mol. The normalized spacial score (nSPS) is 10.8. The topological polar surface area (TPSA) is 39.4 Å². The highest BCUT2D eigenvalue weighted by Crippen LogP contribution is 2.28. The van der Waals surface area contributed by atoms with Gasteiger partial charge in [-0.15, -0.1) is 0 Å². The first kappa shape index (κ1) is 13.4. The average molecular weight is 280 g/mol. The van der Waals surface area contributed by atoms with Gasteiger partial charge in [0.15, 0.2) is 5.76 Å². The molecule has 21 heavy (non-hydrogen) atoms. The number of hydrogen-bond donors (Lipinski definition) is 0. The van der Waals surface area contributed by atoms with Crippen molar-refractivity contribution in [1.82, 2.24) is 0 Å². The van der Waals surface area contributed by atoms with Gasteiger partial charge in [0.25, 0.3) is 0 Å². The Balaban J connectivity index is 2.08. The van der Waals surface area contributed by atoms with Crippen molar-refractivity contribution in [2.45, 2.75) is 13.3 Å². The fraction of sp³-hybridized carbons (Fsp3) is 0.167. The van der Waals surface area contributed by atoms with Crippen LogP contribution in [0.25, 0.3) is 11.0 Å². The zero-order valence-corrected chi connectivity index (χ0v) is 12.1. The van der Waals surface area contributed by atoms with Crippen molar-refractivity contribution in [3.63, 3.8) is 0 Å². The molecule has 0 N–H and O–H groups in total. The number of methoxy groups -OCH3 is 1. The van der Waals surface area contributed by atoms with Crippen LogP contribution in [0.4, 0.5) is 0 Å². The summed E-state index contributed by atoms with van der Waals surface area (Å²) >= 11 is 0. The van der Waals surface area contributed by atoms with Crippen LogP contribution in [0.5, 0.6) is 5.75 Å². The third kappa shape index (κ3) is 2.31. The first-order valence-corrected chi connectivity index (χ1v) is 6.93. The van der Waals surface area contributed by atoms with Gasteiger partial charge in [-0.3, -0.25) is 4.79 Å². The van der Waals surface area contributed by atoms with Crippen LogP contribution < -0.4 is 4.74 Å². The number of fused-ring (bicyclic) bond motifs is 1. The summed E-state index contributed by atoms with van der Waals surface area (Å²) in [5, 5.41) is 1.01. The number of rotatable bonds is 4. The summed E-state index contributed by atoms with van der Waals surface area (Å²) < 4.78 is 10.9. The maximum Gasteiger partial charge on any atom is 0.228 e. The Hall–Kier alpha value is -2.55. The summed E-state index contributed by atoms with van der Waals surface area (Å²) in [5.74, 6) is 1.07. The van der Waals surface area contributed by atoms with Crippen LogP contribution in [0, 0.1) is 0 Å². The minimum Gasteiger partial charge on any atom is -0.497 e. The highest BCUT2D eigenvalue weighted by atomic mass is 16.5. The molecule has 0 amide bonds. The molecule has 3 rings (SSSR count). The van der Waals surface area contributed by atoms with Crippen LogP contribution in [-0.4, -0.2) is 12.9 Å². The van der Waals surface area contributed by atoms with E-state index in [0.29, 0.717) is 11.3 Å². The molecule has 0 unspecified atom stereocenters. The fourth-order valence-electron chi connectivity index (χ4n) is 2.51. The Morgan fingerprint density at radius 3 is 2.48 bits per heavy atom. The molecule has 0 spiro atoms. The summed E-state index contributed by atoms with van der Waals surface area (Å²) in [4.78, 5) is 12.7. The van der Waals surface area contributed by atoms with E-state index in [1.165, 1.54) is 0 Å². The van der Waals surface area contributed by atoms with Gasteiger partial charge in [0, 0.05) is 16.5 Å². The molecule has 0 aliphatic rings. The van der Waals surface area contributed by atoms with Gasteiger partial charge in [-0.05, 0) is 36.8 Å². The van der Waals surface area contributed by atoms with Crippen LogP contribution in [-0.2, 0) is 6.42 Å². The van der Waals surface area contributed by atoms with Crippen molar-refractivity contribution in [3.05, 3.63) is 65.4 Å². The van der Waals surface area contributed by atoms with Gasteiger partial charge in [-0.1, -0.05) is 25.1 Å². The van der Waals surface area contributed by atoms with Gasteiger partial charge in [-0.25, -0.2) is 0 Å². The molecule has 3 nitrogen and oxygen atoms in total. The molecule has 0 bridgehead atoms. The molecule has 0 atom stereocenters. The van der Waals surface area contributed by atoms with Crippen molar-refractivity contribution in [1.29, 1.82) is 0 Å². The lowest BCUT2D eigenvalue weighted by Gasteiger charge is -2.02. The first-order chi connectivity index (χ1) is 10.2. The van der Waals surface area contributed by atoms with E-state index in [2.05, 4.69) is 0 Å². The molecule has 0 radical (unpaired) electrons. The number of carbonyl (C=O) groups excluding carboxylic acids is 1. The van der Waals surface area contributed by atoms with Gasteiger partial charge < -0.3 is 9.15 Å². The number of furan rings is 1. The predicted molar refractivity (Wildman–Crippen MR) is 82.0 cm³/mol. The fourth-order valence-corrected chi connectivity index (χ4v) is 2.51. The lowest BCUT2D eigenvalue weighted by atomic mass is 10.0. The number of benzene rings is 2. The number of hydrogen-bond acceptors (Lipinski definition) is 3. The second-order valence-electron chi connectivity index (χ2n) is 4.82. The van der Waals surface area contributed by atoms with Crippen molar-refractivity contribution in [3.8, 4) is 5.75 Å². The van der Waals surface area contributed by atoms with E-state index in [0.717, 1.165) is 28.7 Å². The number of ketones is 1. The van der Waals surface area contributed by atoms with E-state index >= 15 is 0 Å². The van der Waals surface area contributed by atoms with Crippen molar-refractivity contribution in [2.75, 3.05) is 7.11 Å². The molecule has 2 aromatic carbocycles. The SMILES string of the molecule is CCc1c(C(=O)c2ccc(OC)cc2)oc2ccccc12. The quantitative estimate of drug-likeness (QED) is 0.671. The van der Waals surface area contributed by atoms with E-state index in [1.807, 2.05) is 31.2 Å². The number of ether oxygens (including phenoxy) is 1. The summed E-state index contributed by atoms with van der Waals surface area (Å²) in [6.07, 6.45) is 0.758. The molecule has 106 valence electrons. The van der Waals surface area contributed by atoms with Gasteiger partial charge in [-0.2, -0.15) is 0 Å². The molecule has 0 aliphatic heterocycles. The van der Waals surface area contributed by atoms with E-state index in [-0.39, 0.29) is 5.78 Å². The van der Waals surface area contributed by atoms with Crippen molar-refractivity contribution in [2.24, 2.45) is 0 Å². The minimum atomic E-state index is -0.0919. The zero-order chi connectivity index (χ0) is 14.8. The second-order valence-corrected chi connectivity index (χ2v) is 4.82. The predicted octanol–water partition coefficient (Wildman–Crippen LogP) is 4.23. The Labute approximate surface area is 123 Å². The van der Waals surface area contributed by atoms with E-state index in [4.69, 9.17) is 9.15 Å². The molecule has 3 aromatic rings. The van der Waals surface area contributed by atoms with Crippen LogP contribution in [0.2, 0.25) is 0 Å². The smallest absolute Gasteiger partial charge is 0.228 e. The Bertz CT molecular complexity index is 782. The molecular formula is C18H16O3. The highest BCUT2D eigenvalue weighted by Gasteiger charge is 2.20. The van der Waals surface area contributed by atoms with Crippen LogP contribution in [0.15, 0.2) is 52.9 Å². The van der Waals surface area contributed by atoms with Crippen molar-refractivity contribution < 1.29 is 13.9 Å². The molecule has 1 heterocycles. The minimum absolute atomic E-state index is 0.0919. The average Bonchev–Trinajstić information content (AvgIpc) is 2.92. The standard InChI is InChI=1S/C18H16O3/c1-3-14-15-6-4-5-7-16(15)21-18(14)17(19)12-8-10-13(20-2)11-9-12/h4-11H,3H2,1-2H3. The summed E-state index contributed by atoms with van der Waals surface area (Å²) in [7, 11) is 1.60. The van der Waals surface area contributed by atoms with Gasteiger partial charge in [0.05, 0.1) is 7.11 Å².